The molecule has 45 heavy (non-hydrogen) atoms. The molecule has 0 atom stereocenters. The van der Waals surface area contributed by atoms with Crippen molar-refractivity contribution in [2.24, 2.45) is 0 Å². The van der Waals surface area contributed by atoms with Crippen LogP contribution in [0, 0.1) is 23.3 Å². The number of fused-ring (bicyclic) bond motifs is 1. The van der Waals surface area contributed by atoms with Gasteiger partial charge in [0.2, 0.25) is 0 Å². The van der Waals surface area contributed by atoms with Gasteiger partial charge in [-0.2, -0.15) is 0 Å². The number of aromatic nitrogens is 3. The number of ether oxygens (including phenoxy) is 2. The number of hydrogen-bond acceptors (Lipinski definition) is 11. The molecule has 4 N–H and O–H groups in total. The number of rotatable bonds is 8. The molecule has 0 aliphatic carbocycles. The van der Waals surface area contributed by atoms with Gasteiger partial charge in [0.15, 0.2) is 11.6 Å². The van der Waals surface area contributed by atoms with Crippen LogP contribution in [0.3, 0.4) is 0 Å². The minimum atomic E-state index is -1.08. The summed E-state index contributed by atoms with van der Waals surface area (Å²) in [4.78, 5) is 15.1. The van der Waals surface area contributed by atoms with E-state index >= 15 is 8.78 Å². The average molecular weight is 640 g/mol. The summed E-state index contributed by atoms with van der Waals surface area (Å²) in [6.07, 6.45) is 1.55. The molecule has 0 amide bonds. The summed E-state index contributed by atoms with van der Waals surface area (Å²) in [6.45, 7) is 1.91. The Hall–Kier alpha value is -4.70. The lowest BCUT2D eigenvalue weighted by Crippen LogP contribution is -2.37. The minimum absolute atomic E-state index is 0.0929. The van der Waals surface area contributed by atoms with Crippen LogP contribution in [0.1, 0.15) is 0 Å². The summed E-state index contributed by atoms with van der Waals surface area (Å²) in [5.74, 6) is -2.46. The largest absolute Gasteiger partial charge is 0.494 e. The molecule has 1 aliphatic heterocycles. The van der Waals surface area contributed by atoms with E-state index in [0.29, 0.717) is 60.2 Å². The molecule has 0 bridgehead atoms. The fourth-order valence-corrected chi connectivity index (χ4v) is 5.48. The van der Waals surface area contributed by atoms with Crippen LogP contribution in [0.15, 0.2) is 65.7 Å². The first-order valence-electron chi connectivity index (χ1n) is 13.5. The summed E-state index contributed by atoms with van der Waals surface area (Å²) in [5.41, 5.74) is 8.32. The average Bonchev–Trinajstić information content (AvgIpc) is 3.04. The zero-order valence-electron chi connectivity index (χ0n) is 23.6. The fourth-order valence-electron chi connectivity index (χ4n) is 4.85. The number of hydrazine groups is 1. The van der Waals surface area contributed by atoms with Crippen LogP contribution in [0.5, 0.6) is 5.75 Å². The molecule has 6 rings (SSSR count). The van der Waals surface area contributed by atoms with E-state index in [1.165, 1.54) is 19.2 Å². The Bertz CT molecular complexity index is 1860. The summed E-state index contributed by atoms with van der Waals surface area (Å²) < 4.78 is 70.9. The topological polar surface area (TPSA) is 122 Å². The molecule has 10 nitrogen and oxygen atoms in total. The zero-order chi connectivity index (χ0) is 31.7. The quantitative estimate of drug-likeness (QED) is 0.104. The third kappa shape index (κ3) is 6.15. The van der Waals surface area contributed by atoms with Gasteiger partial charge in [0.25, 0.3) is 0 Å². The first-order valence-corrected chi connectivity index (χ1v) is 14.3. The monoisotopic (exact) mass is 639 g/mol. The predicted molar refractivity (Wildman–Crippen MR) is 162 cm³/mol. The number of methoxy groups -OCH3 is 1. The third-order valence-electron chi connectivity index (χ3n) is 7.01. The lowest BCUT2D eigenvalue weighted by Gasteiger charge is -2.29. The Labute approximate surface area is 258 Å². The van der Waals surface area contributed by atoms with Crippen molar-refractivity contribution in [2.45, 2.75) is 4.90 Å². The van der Waals surface area contributed by atoms with Crippen LogP contribution in [-0.4, -0.2) is 58.1 Å². The van der Waals surface area contributed by atoms with Crippen molar-refractivity contribution in [1.29, 1.82) is 0 Å². The number of hydrogen-bond donors (Lipinski definition) is 3. The minimum Gasteiger partial charge on any atom is -0.494 e. The maximum absolute atomic E-state index is 16.0. The van der Waals surface area contributed by atoms with Crippen molar-refractivity contribution >= 4 is 40.2 Å². The second-order valence-electron chi connectivity index (χ2n) is 9.83. The molecule has 232 valence electrons. The zero-order valence-corrected chi connectivity index (χ0v) is 24.4. The molecular formula is C30H25F4N7O3S. The number of nitrogens with one attached hydrogen (secondary N) is 1. The van der Waals surface area contributed by atoms with Crippen molar-refractivity contribution in [3.05, 3.63) is 84.1 Å². The standard InChI is InChI=1S/C30H25F4N7O3S/c1-43-23-14-17(25-19(31)6-7-22(26(25)34)39-41(42)45-28-20(32)3-2-4-21(28)33)13-18-27(23)37-29(16-5-8-24(35)36-15-16)38-30(18)40-9-11-44-12-10-40/h2-8,13-15,39,42H,9-12H2,1H3,(H2,35,36). The molecule has 1 saturated heterocycles. The van der Waals surface area contributed by atoms with Crippen LogP contribution in [0.4, 0.5) is 34.9 Å². The van der Waals surface area contributed by atoms with Crippen molar-refractivity contribution in [1.82, 2.24) is 19.5 Å². The highest BCUT2D eigenvalue weighted by Crippen LogP contribution is 2.40. The summed E-state index contributed by atoms with van der Waals surface area (Å²) in [7, 11) is 1.41. The molecule has 2 aromatic heterocycles. The number of benzene rings is 3. The highest BCUT2D eigenvalue weighted by atomic mass is 32.2. The van der Waals surface area contributed by atoms with E-state index in [0.717, 1.165) is 24.3 Å². The normalized spacial score (nSPS) is 13.4. The second kappa shape index (κ2) is 12.7. The summed E-state index contributed by atoms with van der Waals surface area (Å²) in [5, 5.41) is 10.8. The molecule has 0 radical (unpaired) electrons. The van der Waals surface area contributed by atoms with Crippen LogP contribution in [-0.2, 0) is 4.74 Å². The first-order chi connectivity index (χ1) is 21.7. The van der Waals surface area contributed by atoms with Gasteiger partial charge in [0.1, 0.15) is 40.4 Å². The summed E-state index contributed by atoms with van der Waals surface area (Å²) >= 11 is 0.236. The molecule has 1 fully saturated rings. The number of halogens is 4. The Balaban J connectivity index is 1.45. The van der Waals surface area contributed by atoms with E-state index in [1.54, 1.807) is 24.4 Å². The Morgan fingerprint density at radius 1 is 0.978 bits per heavy atom. The highest BCUT2D eigenvalue weighted by molar-refractivity contribution is 7.97. The predicted octanol–water partition coefficient (Wildman–Crippen LogP) is 6.07. The SMILES string of the molecule is COc1cc(-c2c(F)ccc(NN(O)Sc3c(F)cccc3F)c2F)cc2c(N3CCOCC3)nc(-c3ccc(N)nc3)nc12. The first kappa shape index (κ1) is 30.3. The number of nitrogen functional groups attached to an aromatic ring is 1. The maximum atomic E-state index is 16.0. The number of anilines is 3. The van der Waals surface area contributed by atoms with Gasteiger partial charge in [-0.3, -0.25) is 10.6 Å². The van der Waals surface area contributed by atoms with Crippen LogP contribution in [0.25, 0.3) is 33.4 Å². The number of nitrogens with zero attached hydrogens (tertiary/aromatic N) is 5. The van der Waals surface area contributed by atoms with Gasteiger partial charge in [-0.05, 0) is 58.7 Å². The molecule has 0 saturated carbocycles. The van der Waals surface area contributed by atoms with E-state index in [1.807, 2.05) is 4.90 Å². The smallest absolute Gasteiger partial charge is 0.163 e. The highest BCUT2D eigenvalue weighted by Gasteiger charge is 2.24. The second-order valence-corrected chi connectivity index (χ2v) is 10.8. The molecular weight excluding hydrogens is 614 g/mol. The van der Waals surface area contributed by atoms with Crippen molar-refractivity contribution < 1.29 is 32.2 Å². The fraction of sp³-hybridized carbons (Fsp3) is 0.167. The van der Waals surface area contributed by atoms with Gasteiger partial charge in [0.05, 0.1) is 36.5 Å². The van der Waals surface area contributed by atoms with Crippen LogP contribution in [0.2, 0.25) is 0 Å². The molecule has 0 spiro atoms. The molecule has 3 aromatic carbocycles. The Morgan fingerprint density at radius 2 is 1.73 bits per heavy atom. The lowest BCUT2D eigenvalue weighted by molar-refractivity contribution is 0.0430. The van der Waals surface area contributed by atoms with Gasteiger partial charge in [-0.1, -0.05) is 6.07 Å². The van der Waals surface area contributed by atoms with Crippen LogP contribution < -0.4 is 20.8 Å². The Kier molecular flexibility index (Phi) is 8.58. The molecule has 0 unspecified atom stereocenters. The molecule has 5 aromatic rings. The maximum Gasteiger partial charge on any atom is 0.163 e. The number of morpholine rings is 1. The molecule has 15 heteroatoms. The van der Waals surface area contributed by atoms with Gasteiger partial charge < -0.3 is 20.1 Å². The van der Waals surface area contributed by atoms with Crippen molar-refractivity contribution in [2.75, 3.05) is 49.5 Å². The molecule has 1 aliphatic rings. The van der Waals surface area contributed by atoms with E-state index in [4.69, 9.17) is 25.2 Å². The van der Waals surface area contributed by atoms with Gasteiger partial charge in [0, 0.05) is 42.2 Å². The van der Waals surface area contributed by atoms with Crippen molar-refractivity contribution in [3.8, 4) is 28.3 Å². The van der Waals surface area contributed by atoms with E-state index in [9.17, 15) is 14.0 Å². The van der Waals surface area contributed by atoms with Gasteiger partial charge in [-0.15, -0.1) is 0 Å². The Morgan fingerprint density at radius 3 is 2.42 bits per heavy atom. The van der Waals surface area contributed by atoms with Gasteiger partial charge >= 0.3 is 0 Å². The van der Waals surface area contributed by atoms with Crippen LogP contribution >= 0.6 is 11.9 Å². The van der Waals surface area contributed by atoms with Gasteiger partial charge in [-0.25, -0.2) is 32.5 Å². The number of nitrogens with two attached hydrogens (primary N) is 1. The molecule has 3 heterocycles. The third-order valence-corrected chi connectivity index (χ3v) is 7.85. The van der Waals surface area contributed by atoms with E-state index in [-0.39, 0.29) is 33.5 Å². The van der Waals surface area contributed by atoms with E-state index in [2.05, 4.69) is 10.4 Å². The lowest BCUT2D eigenvalue weighted by atomic mass is 10.00. The van der Waals surface area contributed by atoms with E-state index < -0.39 is 33.7 Å². The summed E-state index contributed by atoms with van der Waals surface area (Å²) in [6, 6.07) is 11.6. The number of pyridine rings is 1. The van der Waals surface area contributed by atoms with Crippen molar-refractivity contribution in [3.63, 3.8) is 0 Å².